The van der Waals surface area contributed by atoms with Gasteiger partial charge in [0.25, 0.3) is 0 Å². The Morgan fingerprint density at radius 3 is 3.00 bits per heavy atom. The van der Waals surface area contributed by atoms with E-state index in [9.17, 15) is 5.11 Å². The molecule has 1 aromatic heterocycles. The summed E-state index contributed by atoms with van der Waals surface area (Å²) in [5.41, 5.74) is 8.81. The first kappa shape index (κ1) is 14.4. The fourth-order valence-corrected chi connectivity index (χ4v) is 3.50. The van der Waals surface area contributed by atoms with E-state index in [1.165, 1.54) is 11.9 Å². The summed E-state index contributed by atoms with van der Waals surface area (Å²) < 4.78 is 2.35. The second-order valence-corrected chi connectivity index (χ2v) is 6.32. The monoisotopic (exact) mass is 287 g/mol. The normalized spacial score (nSPS) is 22.8. The van der Waals surface area contributed by atoms with Gasteiger partial charge in [-0.05, 0) is 49.8 Å². The van der Waals surface area contributed by atoms with Crippen molar-refractivity contribution in [3.05, 3.63) is 24.0 Å². The van der Waals surface area contributed by atoms with Crippen LogP contribution in [0.2, 0.25) is 0 Å². The highest BCUT2D eigenvalue weighted by atomic mass is 16.3. The average molecular weight is 287 g/mol. The number of nitrogen functional groups attached to an aromatic ring is 1. The standard InChI is InChI=1S/C17H25N3O/c1-2-4-17-19-15-10-13(18)7-8-16(15)20(17)11-12-5-3-6-14(21)9-12/h7-8,10,12,14,21H,2-6,9,11,18H2,1H3. The number of hydrogen-bond donors (Lipinski definition) is 2. The van der Waals surface area contributed by atoms with E-state index in [4.69, 9.17) is 10.7 Å². The molecule has 2 atom stereocenters. The lowest BCUT2D eigenvalue weighted by atomic mass is 9.87. The van der Waals surface area contributed by atoms with Crippen LogP contribution in [-0.2, 0) is 13.0 Å². The molecule has 1 fully saturated rings. The SMILES string of the molecule is CCCc1nc2cc(N)ccc2n1CC1CCCC(O)C1. The average Bonchev–Trinajstić information content (AvgIpc) is 2.76. The molecule has 21 heavy (non-hydrogen) atoms. The molecule has 2 unspecified atom stereocenters. The first-order valence-electron chi connectivity index (χ1n) is 8.10. The molecule has 1 aromatic carbocycles. The molecule has 1 saturated carbocycles. The molecule has 2 aromatic rings. The van der Waals surface area contributed by atoms with Gasteiger partial charge >= 0.3 is 0 Å². The number of nitrogens with zero attached hydrogens (tertiary/aromatic N) is 2. The van der Waals surface area contributed by atoms with Gasteiger partial charge in [0, 0.05) is 18.7 Å². The lowest BCUT2D eigenvalue weighted by molar-refractivity contribution is 0.0955. The van der Waals surface area contributed by atoms with E-state index in [1.54, 1.807) is 0 Å². The van der Waals surface area contributed by atoms with Crippen molar-refractivity contribution in [3.8, 4) is 0 Å². The molecule has 0 amide bonds. The fraction of sp³-hybridized carbons (Fsp3) is 0.588. The highest BCUT2D eigenvalue weighted by Crippen LogP contribution is 2.28. The molecule has 0 aliphatic heterocycles. The maximum Gasteiger partial charge on any atom is 0.109 e. The number of fused-ring (bicyclic) bond motifs is 1. The van der Waals surface area contributed by atoms with Gasteiger partial charge < -0.3 is 15.4 Å². The van der Waals surface area contributed by atoms with Gasteiger partial charge in [-0.25, -0.2) is 4.98 Å². The largest absolute Gasteiger partial charge is 0.399 e. The summed E-state index contributed by atoms with van der Waals surface area (Å²) in [6.45, 7) is 3.15. The fourth-order valence-electron chi connectivity index (χ4n) is 3.50. The van der Waals surface area contributed by atoms with Gasteiger partial charge in [0.05, 0.1) is 17.1 Å². The molecule has 1 heterocycles. The molecule has 0 spiro atoms. The number of benzene rings is 1. The van der Waals surface area contributed by atoms with Crippen LogP contribution in [0.1, 0.15) is 44.9 Å². The molecule has 0 saturated heterocycles. The maximum absolute atomic E-state index is 9.89. The van der Waals surface area contributed by atoms with Crippen LogP contribution in [0, 0.1) is 5.92 Å². The zero-order valence-corrected chi connectivity index (χ0v) is 12.8. The van der Waals surface area contributed by atoms with Gasteiger partial charge in [0.1, 0.15) is 5.82 Å². The molecule has 3 rings (SSSR count). The second-order valence-electron chi connectivity index (χ2n) is 6.32. The summed E-state index contributed by atoms with van der Waals surface area (Å²) in [5, 5.41) is 9.89. The van der Waals surface area contributed by atoms with Crippen molar-refractivity contribution >= 4 is 16.7 Å². The third kappa shape index (κ3) is 3.05. The first-order valence-corrected chi connectivity index (χ1v) is 8.10. The predicted molar refractivity (Wildman–Crippen MR) is 86.1 cm³/mol. The molecular weight excluding hydrogens is 262 g/mol. The minimum Gasteiger partial charge on any atom is -0.399 e. The number of imidazole rings is 1. The Kier molecular flexibility index (Phi) is 4.15. The van der Waals surface area contributed by atoms with Crippen molar-refractivity contribution in [2.75, 3.05) is 5.73 Å². The highest BCUT2D eigenvalue weighted by Gasteiger charge is 2.22. The number of aryl methyl sites for hydroxylation is 1. The van der Waals surface area contributed by atoms with Gasteiger partial charge in [-0.2, -0.15) is 0 Å². The van der Waals surface area contributed by atoms with Crippen LogP contribution in [0.5, 0.6) is 0 Å². The van der Waals surface area contributed by atoms with Crippen molar-refractivity contribution in [2.45, 2.75) is 58.1 Å². The molecule has 4 heteroatoms. The number of nitrogens with two attached hydrogens (primary N) is 1. The molecule has 3 N–H and O–H groups in total. The Bertz CT molecular complexity index is 620. The summed E-state index contributed by atoms with van der Waals surface area (Å²) in [6.07, 6.45) is 6.17. The van der Waals surface area contributed by atoms with E-state index < -0.39 is 0 Å². The molecule has 0 bridgehead atoms. The predicted octanol–water partition coefficient (Wildman–Crippen LogP) is 3.12. The van der Waals surface area contributed by atoms with Gasteiger partial charge in [0.2, 0.25) is 0 Å². The Balaban J connectivity index is 1.93. The highest BCUT2D eigenvalue weighted by molar-refractivity contribution is 5.79. The first-order chi connectivity index (χ1) is 10.2. The topological polar surface area (TPSA) is 64.1 Å². The molecule has 4 nitrogen and oxygen atoms in total. The van der Waals surface area contributed by atoms with Gasteiger partial charge in [-0.3, -0.25) is 0 Å². The third-order valence-electron chi connectivity index (χ3n) is 4.52. The van der Waals surface area contributed by atoms with E-state index >= 15 is 0 Å². The molecule has 1 aliphatic carbocycles. The van der Waals surface area contributed by atoms with Gasteiger partial charge in [-0.15, -0.1) is 0 Å². The Hall–Kier alpha value is -1.55. The van der Waals surface area contributed by atoms with Crippen LogP contribution in [0.4, 0.5) is 5.69 Å². The van der Waals surface area contributed by atoms with Crippen molar-refractivity contribution < 1.29 is 5.11 Å². The van der Waals surface area contributed by atoms with Crippen LogP contribution in [0.3, 0.4) is 0 Å². The van der Waals surface area contributed by atoms with Crippen LogP contribution >= 0.6 is 0 Å². The van der Waals surface area contributed by atoms with Crippen molar-refractivity contribution in [1.29, 1.82) is 0 Å². The van der Waals surface area contributed by atoms with E-state index in [1.807, 2.05) is 12.1 Å². The number of aromatic nitrogens is 2. The second kappa shape index (κ2) is 6.06. The maximum atomic E-state index is 9.89. The van der Waals surface area contributed by atoms with Crippen LogP contribution in [-0.4, -0.2) is 20.8 Å². The molecular formula is C17H25N3O. The summed E-state index contributed by atoms with van der Waals surface area (Å²) in [6, 6.07) is 5.99. The third-order valence-corrected chi connectivity index (χ3v) is 4.52. The van der Waals surface area contributed by atoms with Gasteiger partial charge in [0.15, 0.2) is 0 Å². The van der Waals surface area contributed by atoms with Crippen molar-refractivity contribution in [1.82, 2.24) is 9.55 Å². The van der Waals surface area contributed by atoms with Crippen molar-refractivity contribution in [2.24, 2.45) is 5.92 Å². The number of aliphatic hydroxyl groups is 1. The number of hydrogen-bond acceptors (Lipinski definition) is 3. The van der Waals surface area contributed by atoms with E-state index in [0.29, 0.717) is 5.92 Å². The molecule has 1 aliphatic rings. The number of aliphatic hydroxyl groups excluding tert-OH is 1. The quantitative estimate of drug-likeness (QED) is 0.849. The van der Waals surface area contributed by atoms with E-state index in [2.05, 4.69) is 17.6 Å². The minimum absolute atomic E-state index is 0.121. The lowest BCUT2D eigenvalue weighted by Crippen LogP contribution is -2.23. The van der Waals surface area contributed by atoms with Crippen LogP contribution < -0.4 is 5.73 Å². The van der Waals surface area contributed by atoms with Crippen molar-refractivity contribution in [3.63, 3.8) is 0 Å². The van der Waals surface area contributed by atoms with Crippen LogP contribution in [0.25, 0.3) is 11.0 Å². The number of anilines is 1. The summed E-state index contributed by atoms with van der Waals surface area (Å²) >= 11 is 0. The summed E-state index contributed by atoms with van der Waals surface area (Å²) in [7, 11) is 0. The number of rotatable bonds is 4. The van der Waals surface area contributed by atoms with Crippen LogP contribution in [0.15, 0.2) is 18.2 Å². The lowest BCUT2D eigenvalue weighted by Gasteiger charge is -2.27. The van der Waals surface area contributed by atoms with Gasteiger partial charge in [-0.1, -0.05) is 13.3 Å². The molecule has 114 valence electrons. The Morgan fingerprint density at radius 2 is 2.24 bits per heavy atom. The Morgan fingerprint density at radius 1 is 1.38 bits per heavy atom. The Labute approximate surface area is 126 Å². The molecule has 0 radical (unpaired) electrons. The summed E-state index contributed by atoms with van der Waals surface area (Å²) in [4.78, 5) is 4.77. The minimum atomic E-state index is -0.121. The zero-order chi connectivity index (χ0) is 14.8. The summed E-state index contributed by atoms with van der Waals surface area (Å²) in [5.74, 6) is 1.71. The zero-order valence-electron chi connectivity index (χ0n) is 12.8. The smallest absolute Gasteiger partial charge is 0.109 e. The van der Waals surface area contributed by atoms with E-state index in [0.717, 1.165) is 55.7 Å². The van der Waals surface area contributed by atoms with E-state index in [-0.39, 0.29) is 6.10 Å².